The van der Waals surface area contributed by atoms with Gasteiger partial charge in [0.2, 0.25) is 0 Å². The van der Waals surface area contributed by atoms with Gasteiger partial charge in [0.15, 0.2) is 0 Å². The summed E-state index contributed by atoms with van der Waals surface area (Å²) >= 11 is 0. The molecule has 1 aliphatic carbocycles. The summed E-state index contributed by atoms with van der Waals surface area (Å²) < 4.78 is 5.50. The summed E-state index contributed by atoms with van der Waals surface area (Å²) in [7, 11) is -1.37. The van der Waals surface area contributed by atoms with Gasteiger partial charge in [0.05, 0.1) is 13.6 Å². The lowest BCUT2D eigenvalue weighted by molar-refractivity contribution is -0.142. The van der Waals surface area contributed by atoms with Crippen molar-refractivity contribution in [3.8, 4) is 0 Å². The molecule has 14 heavy (non-hydrogen) atoms. The molecular weight excluding hydrogens is 192 g/mol. The molecule has 3 atom stereocenters. The number of hydrogen-bond acceptors (Lipinski definition) is 2. The molecule has 0 aromatic rings. The van der Waals surface area contributed by atoms with Crippen molar-refractivity contribution in [2.75, 3.05) is 0 Å². The van der Waals surface area contributed by atoms with Crippen molar-refractivity contribution in [2.45, 2.75) is 57.0 Å². The highest BCUT2D eigenvalue weighted by atomic mass is 28.3. The molecule has 2 nitrogen and oxygen atoms in total. The molecule has 1 saturated heterocycles. The Hall–Kier alpha value is -0.313. The molecule has 1 unspecified atom stereocenters. The van der Waals surface area contributed by atoms with Crippen LogP contribution in [0.1, 0.15) is 25.7 Å². The van der Waals surface area contributed by atoms with Crippen molar-refractivity contribution in [1.82, 2.24) is 0 Å². The average Bonchev–Trinajstić information content (AvgIpc) is 2.38. The van der Waals surface area contributed by atoms with Crippen molar-refractivity contribution in [1.29, 1.82) is 0 Å². The van der Waals surface area contributed by atoms with E-state index < -0.39 is 8.07 Å². The second kappa shape index (κ2) is 3.37. The van der Waals surface area contributed by atoms with Crippen molar-refractivity contribution < 1.29 is 9.53 Å². The molecule has 0 amide bonds. The van der Waals surface area contributed by atoms with Gasteiger partial charge in [-0.2, -0.15) is 0 Å². The molecular formula is C11H20O2Si. The zero-order valence-electron chi connectivity index (χ0n) is 9.38. The van der Waals surface area contributed by atoms with Crippen molar-refractivity contribution >= 4 is 14.0 Å². The Bertz CT molecular complexity index is 244. The van der Waals surface area contributed by atoms with Crippen molar-refractivity contribution in [3.63, 3.8) is 0 Å². The van der Waals surface area contributed by atoms with Gasteiger partial charge in [0.1, 0.15) is 6.10 Å². The SMILES string of the molecule is C[Si](C)(C)C1C(=O)O[C@@H]2CCCC[C@@H]12. The molecule has 3 heteroatoms. The minimum absolute atomic E-state index is 0.112. The van der Waals surface area contributed by atoms with Crippen LogP contribution in [0, 0.1) is 5.92 Å². The van der Waals surface area contributed by atoms with Gasteiger partial charge in [-0.25, -0.2) is 0 Å². The first kappa shape index (κ1) is 10.2. The minimum atomic E-state index is -1.37. The van der Waals surface area contributed by atoms with E-state index in [1.807, 2.05) is 0 Å². The van der Waals surface area contributed by atoms with Crippen LogP contribution in [0.3, 0.4) is 0 Å². The zero-order valence-corrected chi connectivity index (χ0v) is 10.4. The number of carbonyl (C=O) groups excluding carboxylic acids is 1. The molecule has 0 spiro atoms. The molecule has 80 valence electrons. The lowest BCUT2D eigenvalue weighted by Gasteiger charge is -2.30. The van der Waals surface area contributed by atoms with E-state index >= 15 is 0 Å². The van der Waals surface area contributed by atoms with Crippen LogP contribution in [0.5, 0.6) is 0 Å². The molecule has 0 aromatic heterocycles. The first-order chi connectivity index (χ1) is 6.50. The van der Waals surface area contributed by atoms with E-state index in [4.69, 9.17) is 4.74 Å². The van der Waals surface area contributed by atoms with Crippen molar-refractivity contribution in [3.05, 3.63) is 0 Å². The smallest absolute Gasteiger partial charge is 0.306 e. The van der Waals surface area contributed by atoms with Gasteiger partial charge in [0.25, 0.3) is 0 Å². The fourth-order valence-electron chi connectivity index (χ4n) is 3.05. The third-order valence-corrected chi connectivity index (χ3v) is 6.17. The van der Waals surface area contributed by atoms with Crippen LogP contribution in [0.15, 0.2) is 0 Å². The highest BCUT2D eigenvalue weighted by Crippen LogP contribution is 2.46. The molecule has 0 N–H and O–H groups in total. The summed E-state index contributed by atoms with van der Waals surface area (Å²) in [6, 6.07) is 0. The highest BCUT2D eigenvalue weighted by molar-refractivity contribution is 6.80. The largest absolute Gasteiger partial charge is 0.462 e. The second-order valence-corrected chi connectivity index (χ2v) is 11.1. The Morgan fingerprint density at radius 2 is 1.86 bits per heavy atom. The molecule has 0 aromatic carbocycles. The van der Waals surface area contributed by atoms with Crippen LogP contribution >= 0.6 is 0 Å². The van der Waals surface area contributed by atoms with Crippen LogP contribution in [0.4, 0.5) is 0 Å². The maximum absolute atomic E-state index is 11.8. The molecule has 2 fully saturated rings. The summed E-state index contributed by atoms with van der Waals surface area (Å²) in [6.07, 6.45) is 5.13. The number of esters is 1. The normalized spacial score (nSPS) is 37.9. The third-order valence-electron chi connectivity index (χ3n) is 3.64. The number of fused-ring (bicyclic) bond motifs is 1. The number of rotatable bonds is 1. The number of hydrogen-bond donors (Lipinski definition) is 0. The van der Waals surface area contributed by atoms with Gasteiger partial charge in [-0.1, -0.05) is 26.1 Å². The van der Waals surface area contributed by atoms with E-state index in [0.29, 0.717) is 5.92 Å². The summed E-state index contributed by atoms with van der Waals surface area (Å²) in [6.45, 7) is 6.86. The molecule has 1 saturated carbocycles. The standard InChI is InChI=1S/C11H20O2Si/c1-14(2,3)10-8-6-4-5-7-9(8)13-11(10)12/h8-10H,4-7H2,1-3H3/t8-,9-,10?/m1/s1. The summed E-state index contributed by atoms with van der Waals surface area (Å²) in [4.78, 5) is 11.8. The predicted octanol–water partition coefficient (Wildman–Crippen LogP) is 2.81. The highest BCUT2D eigenvalue weighted by Gasteiger charge is 2.50. The Morgan fingerprint density at radius 3 is 2.50 bits per heavy atom. The quantitative estimate of drug-likeness (QED) is 0.493. The predicted molar refractivity (Wildman–Crippen MR) is 58.9 cm³/mol. The van der Waals surface area contributed by atoms with E-state index in [-0.39, 0.29) is 17.6 Å². The maximum atomic E-state index is 11.8. The van der Waals surface area contributed by atoms with Crippen molar-refractivity contribution in [2.24, 2.45) is 5.92 Å². The first-order valence-corrected chi connectivity index (χ1v) is 9.28. The number of carbonyl (C=O) groups is 1. The Morgan fingerprint density at radius 1 is 1.21 bits per heavy atom. The topological polar surface area (TPSA) is 26.3 Å². The van der Waals surface area contributed by atoms with Crippen LogP contribution in [0.2, 0.25) is 25.2 Å². The monoisotopic (exact) mass is 212 g/mol. The van der Waals surface area contributed by atoms with E-state index in [9.17, 15) is 4.79 Å². The zero-order chi connectivity index (χ0) is 10.3. The Labute approximate surface area is 87.0 Å². The molecule has 1 aliphatic heterocycles. The maximum Gasteiger partial charge on any atom is 0.306 e. The van der Waals surface area contributed by atoms with E-state index in [1.54, 1.807) is 0 Å². The lowest BCUT2D eigenvalue weighted by Crippen LogP contribution is -2.36. The van der Waals surface area contributed by atoms with Gasteiger partial charge in [-0.3, -0.25) is 4.79 Å². The van der Waals surface area contributed by atoms with Crippen LogP contribution < -0.4 is 0 Å². The van der Waals surface area contributed by atoms with E-state index in [0.717, 1.165) is 6.42 Å². The van der Waals surface area contributed by atoms with E-state index in [1.165, 1.54) is 19.3 Å². The van der Waals surface area contributed by atoms with Gasteiger partial charge >= 0.3 is 5.97 Å². The molecule has 0 radical (unpaired) electrons. The van der Waals surface area contributed by atoms with Crippen LogP contribution in [0.25, 0.3) is 0 Å². The second-order valence-electron chi connectivity index (χ2n) is 5.77. The summed E-state index contributed by atoms with van der Waals surface area (Å²) in [5.41, 5.74) is 0.271. The van der Waals surface area contributed by atoms with Crippen LogP contribution in [-0.4, -0.2) is 20.1 Å². The molecule has 2 aliphatic rings. The summed E-state index contributed by atoms with van der Waals surface area (Å²) in [5.74, 6) is 0.670. The fraction of sp³-hybridized carbons (Fsp3) is 0.909. The molecule has 2 rings (SSSR count). The lowest BCUT2D eigenvalue weighted by atomic mass is 9.86. The van der Waals surface area contributed by atoms with E-state index in [2.05, 4.69) is 19.6 Å². The minimum Gasteiger partial charge on any atom is -0.462 e. The number of ether oxygens (including phenoxy) is 1. The molecule has 0 bridgehead atoms. The van der Waals surface area contributed by atoms with Gasteiger partial charge in [-0.05, 0) is 19.3 Å². The average molecular weight is 212 g/mol. The Kier molecular flexibility index (Phi) is 2.46. The van der Waals surface area contributed by atoms with Gasteiger partial charge < -0.3 is 4.74 Å². The van der Waals surface area contributed by atoms with Crippen LogP contribution in [-0.2, 0) is 9.53 Å². The Balaban J connectivity index is 2.20. The summed E-state index contributed by atoms with van der Waals surface area (Å²) in [5, 5.41) is 0. The van der Waals surface area contributed by atoms with Gasteiger partial charge in [0, 0.05) is 5.92 Å². The van der Waals surface area contributed by atoms with Gasteiger partial charge in [-0.15, -0.1) is 0 Å². The third kappa shape index (κ3) is 1.62. The molecule has 1 heterocycles. The fourth-order valence-corrected chi connectivity index (χ4v) is 5.49. The first-order valence-electron chi connectivity index (χ1n) is 5.70.